The summed E-state index contributed by atoms with van der Waals surface area (Å²) in [7, 11) is -3.71. The standard InChI is InChI=1S/C14H23N3O2S/c15-10-14(8-4-1-5-9-14)11-17-12-6-2-3-7-13(12)20(16,18)19/h2-3,6-7,17H,1,4-5,8-11,15H2,(H2,16,18,19). The molecule has 1 saturated carbocycles. The molecule has 5 nitrogen and oxygen atoms in total. The lowest BCUT2D eigenvalue weighted by Crippen LogP contribution is -2.39. The lowest BCUT2D eigenvalue weighted by atomic mass is 9.74. The van der Waals surface area contributed by atoms with Gasteiger partial charge in [-0.05, 0) is 36.9 Å². The molecule has 2 rings (SSSR count). The van der Waals surface area contributed by atoms with Crippen LogP contribution in [0, 0.1) is 5.41 Å². The van der Waals surface area contributed by atoms with Crippen molar-refractivity contribution in [1.29, 1.82) is 0 Å². The Hall–Kier alpha value is -1.11. The van der Waals surface area contributed by atoms with Crippen LogP contribution in [0.1, 0.15) is 32.1 Å². The first kappa shape index (κ1) is 15.3. The molecule has 0 heterocycles. The zero-order valence-corrected chi connectivity index (χ0v) is 12.5. The molecule has 0 aromatic heterocycles. The third-order valence-electron chi connectivity index (χ3n) is 4.19. The zero-order chi connectivity index (χ0) is 14.6. The number of nitrogens with two attached hydrogens (primary N) is 2. The average Bonchev–Trinajstić information content (AvgIpc) is 2.45. The van der Waals surface area contributed by atoms with E-state index < -0.39 is 10.0 Å². The SMILES string of the molecule is NCC1(CNc2ccccc2S(N)(=O)=O)CCCCC1. The molecule has 1 aromatic carbocycles. The molecular formula is C14H23N3O2S. The van der Waals surface area contributed by atoms with Gasteiger partial charge in [-0.1, -0.05) is 31.4 Å². The maximum absolute atomic E-state index is 11.6. The van der Waals surface area contributed by atoms with Crippen LogP contribution in [0.5, 0.6) is 0 Å². The molecule has 5 N–H and O–H groups in total. The fraction of sp³-hybridized carbons (Fsp3) is 0.571. The highest BCUT2D eigenvalue weighted by Gasteiger charge is 2.30. The molecule has 0 saturated heterocycles. The molecule has 0 amide bonds. The van der Waals surface area contributed by atoms with Crippen molar-refractivity contribution in [2.24, 2.45) is 16.3 Å². The maximum atomic E-state index is 11.6. The summed E-state index contributed by atoms with van der Waals surface area (Å²) in [6.45, 7) is 1.31. The summed E-state index contributed by atoms with van der Waals surface area (Å²) < 4.78 is 23.1. The Labute approximate surface area is 120 Å². The molecular weight excluding hydrogens is 274 g/mol. The van der Waals surface area contributed by atoms with Gasteiger partial charge < -0.3 is 11.1 Å². The molecule has 1 aliphatic carbocycles. The average molecular weight is 297 g/mol. The molecule has 0 atom stereocenters. The van der Waals surface area contributed by atoms with Gasteiger partial charge in [0.2, 0.25) is 10.0 Å². The summed E-state index contributed by atoms with van der Waals surface area (Å²) >= 11 is 0. The number of benzene rings is 1. The van der Waals surface area contributed by atoms with Gasteiger partial charge in [0.1, 0.15) is 4.90 Å². The third-order valence-corrected chi connectivity index (χ3v) is 5.16. The van der Waals surface area contributed by atoms with Crippen molar-refractivity contribution >= 4 is 15.7 Å². The maximum Gasteiger partial charge on any atom is 0.240 e. The molecule has 0 aliphatic heterocycles. The second-order valence-corrected chi connectivity index (χ2v) is 7.19. The smallest absolute Gasteiger partial charge is 0.240 e. The number of anilines is 1. The van der Waals surface area contributed by atoms with E-state index in [1.54, 1.807) is 18.2 Å². The minimum atomic E-state index is -3.71. The Morgan fingerprint density at radius 2 is 1.80 bits per heavy atom. The zero-order valence-electron chi connectivity index (χ0n) is 11.6. The second kappa shape index (κ2) is 6.11. The van der Waals surface area contributed by atoms with Crippen LogP contribution >= 0.6 is 0 Å². The van der Waals surface area contributed by atoms with Crippen LogP contribution in [0.25, 0.3) is 0 Å². The van der Waals surface area contributed by atoms with Crippen LogP contribution < -0.4 is 16.2 Å². The molecule has 1 fully saturated rings. The fourth-order valence-electron chi connectivity index (χ4n) is 2.90. The van der Waals surface area contributed by atoms with E-state index in [2.05, 4.69) is 5.32 Å². The highest BCUT2D eigenvalue weighted by atomic mass is 32.2. The van der Waals surface area contributed by atoms with E-state index >= 15 is 0 Å². The van der Waals surface area contributed by atoms with Crippen molar-refractivity contribution in [3.63, 3.8) is 0 Å². The van der Waals surface area contributed by atoms with Gasteiger partial charge in [0.25, 0.3) is 0 Å². The third kappa shape index (κ3) is 3.50. The Balaban J connectivity index is 2.14. The van der Waals surface area contributed by atoms with Gasteiger partial charge in [0.15, 0.2) is 0 Å². The van der Waals surface area contributed by atoms with E-state index in [4.69, 9.17) is 10.9 Å². The van der Waals surface area contributed by atoms with Crippen molar-refractivity contribution in [2.45, 2.75) is 37.0 Å². The largest absolute Gasteiger partial charge is 0.383 e. The topological polar surface area (TPSA) is 98.2 Å². The van der Waals surface area contributed by atoms with Crippen LogP contribution in [0.15, 0.2) is 29.2 Å². The van der Waals surface area contributed by atoms with Crippen molar-refractivity contribution in [3.8, 4) is 0 Å². The van der Waals surface area contributed by atoms with Crippen LogP contribution in [0.2, 0.25) is 0 Å². The van der Waals surface area contributed by atoms with E-state index in [-0.39, 0.29) is 10.3 Å². The lowest BCUT2D eigenvalue weighted by Gasteiger charge is -2.36. The van der Waals surface area contributed by atoms with Crippen molar-refractivity contribution in [3.05, 3.63) is 24.3 Å². The van der Waals surface area contributed by atoms with Crippen LogP contribution in [-0.2, 0) is 10.0 Å². The molecule has 1 aliphatic rings. The summed E-state index contributed by atoms with van der Waals surface area (Å²) in [4.78, 5) is 0.142. The predicted octanol–water partition coefficient (Wildman–Crippen LogP) is 1.66. The predicted molar refractivity (Wildman–Crippen MR) is 80.9 cm³/mol. The lowest BCUT2D eigenvalue weighted by molar-refractivity contribution is 0.215. The number of nitrogens with one attached hydrogen (secondary N) is 1. The minimum Gasteiger partial charge on any atom is -0.383 e. The number of hydrogen-bond donors (Lipinski definition) is 3. The van der Waals surface area contributed by atoms with Gasteiger partial charge >= 0.3 is 0 Å². The summed E-state index contributed by atoms with van der Waals surface area (Å²) in [5, 5.41) is 8.48. The van der Waals surface area contributed by atoms with Crippen molar-refractivity contribution in [2.75, 3.05) is 18.4 Å². The van der Waals surface area contributed by atoms with Crippen molar-refractivity contribution in [1.82, 2.24) is 0 Å². The number of hydrogen-bond acceptors (Lipinski definition) is 4. The highest BCUT2D eigenvalue weighted by molar-refractivity contribution is 7.89. The van der Waals surface area contributed by atoms with Gasteiger partial charge in [-0.25, -0.2) is 13.6 Å². The molecule has 0 bridgehead atoms. The summed E-state index contributed by atoms with van der Waals surface area (Å²) in [6.07, 6.45) is 5.82. The van der Waals surface area contributed by atoms with Crippen LogP contribution in [0.3, 0.4) is 0 Å². The molecule has 20 heavy (non-hydrogen) atoms. The molecule has 112 valence electrons. The number of rotatable bonds is 5. The fourth-order valence-corrected chi connectivity index (χ4v) is 3.61. The Bertz CT molecular complexity index is 551. The minimum absolute atomic E-state index is 0.0731. The number of primary sulfonamides is 1. The van der Waals surface area contributed by atoms with E-state index in [9.17, 15) is 8.42 Å². The van der Waals surface area contributed by atoms with Gasteiger partial charge in [-0.3, -0.25) is 0 Å². The Kier molecular flexibility index (Phi) is 4.67. The quantitative estimate of drug-likeness (QED) is 0.769. The molecule has 0 radical (unpaired) electrons. The molecule has 6 heteroatoms. The first-order valence-electron chi connectivity index (χ1n) is 7.03. The summed E-state index contributed by atoms with van der Waals surface area (Å²) in [6, 6.07) is 6.73. The van der Waals surface area contributed by atoms with E-state index in [0.717, 1.165) is 12.8 Å². The van der Waals surface area contributed by atoms with Gasteiger partial charge in [0.05, 0.1) is 5.69 Å². The van der Waals surface area contributed by atoms with E-state index in [1.807, 2.05) is 0 Å². The van der Waals surface area contributed by atoms with E-state index in [0.29, 0.717) is 18.8 Å². The van der Waals surface area contributed by atoms with Crippen LogP contribution in [0.4, 0.5) is 5.69 Å². The first-order chi connectivity index (χ1) is 9.47. The Morgan fingerprint density at radius 1 is 1.15 bits per heavy atom. The monoisotopic (exact) mass is 297 g/mol. The van der Waals surface area contributed by atoms with Gasteiger partial charge in [0, 0.05) is 6.54 Å². The summed E-state index contributed by atoms with van der Waals surface area (Å²) in [5.74, 6) is 0. The van der Waals surface area contributed by atoms with E-state index in [1.165, 1.54) is 25.3 Å². The van der Waals surface area contributed by atoms with Crippen LogP contribution in [-0.4, -0.2) is 21.5 Å². The number of sulfonamides is 1. The summed E-state index contributed by atoms with van der Waals surface area (Å²) in [5.41, 5.74) is 6.58. The van der Waals surface area contributed by atoms with Gasteiger partial charge in [-0.15, -0.1) is 0 Å². The Morgan fingerprint density at radius 3 is 2.40 bits per heavy atom. The molecule has 0 spiro atoms. The highest BCUT2D eigenvalue weighted by Crippen LogP contribution is 2.35. The van der Waals surface area contributed by atoms with Gasteiger partial charge in [-0.2, -0.15) is 0 Å². The van der Waals surface area contributed by atoms with Crippen molar-refractivity contribution < 1.29 is 8.42 Å². The number of para-hydroxylation sites is 1. The molecule has 0 unspecified atom stereocenters. The normalized spacial score (nSPS) is 18.7. The first-order valence-corrected chi connectivity index (χ1v) is 8.57. The second-order valence-electron chi connectivity index (χ2n) is 5.66. The molecule has 1 aromatic rings.